The van der Waals surface area contributed by atoms with Gasteiger partial charge in [0.1, 0.15) is 17.6 Å². The van der Waals surface area contributed by atoms with Gasteiger partial charge in [-0.1, -0.05) is 0 Å². The maximum absolute atomic E-state index is 13.3. The molecule has 0 amide bonds. The lowest BCUT2D eigenvalue weighted by Crippen LogP contribution is -2.09. The SMILES string of the molecule is Cc1cnc(C(C)Nc2cc(C)c(F)cc2N)o1. The van der Waals surface area contributed by atoms with E-state index < -0.39 is 0 Å². The van der Waals surface area contributed by atoms with E-state index in [9.17, 15) is 4.39 Å². The van der Waals surface area contributed by atoms with E-state index in [1.165, 1.54) is 6.07 Å². The number of nitrogens with one attached hydrogen (secondary N) is 1. The number of hydrogen-bond donors (Lipinski definition) is 2. The summed E-state index contributed by atoms with van der Waals surface area (Å²) in [7, 11) is 0. The molecule has 3 N–H and O–H groups in total. The van der Waals surface area contributed by atoms with Crippen molar-refractivity contribution in [2.75, 3.05) is 11.1 Å². The second-order valence-corrected chi connectivity index (χ2v) is 4.36. The van der Waals surface area contributed by atoms with Crippen molar-refractivity contribution in [3.05, 3.63) is 41.4 Å². The smallest absolute Gasteiger partial charge is 0.216 e. The second kappa shape index (κ2) is 4.68. The van der Waals surface area contributed by atoms with Crippen molar-refractivity contribution >= 4 is 11.4 Å². The number of aryl methyl sites for hydroxylation is 2. The number of hydrogen-bond acceptors (Lipinski definition) is 4. The Labute approximate surface area is 105 Å². The van der Waals surface area contributed by atoms with Gasteiger partial charge in [-0.3, -0.25) is 0 Å². The van der Waals surface area contributed by atoms with Gasteiger partial charge >= 0.3 is 0 Å². The summed E-state index contributed by atoms with van der Waals surface area (Å²) >= 11 is 0. The Kier molecular flexibility index (Phi) is 3.23. The van der Waals surface area contributed by atoms with Crippen LogP contribution < -0.4 is 11.1 Å². The van der Waals surface area contributed by atoms with Gasteiger partial charge in [-0.25, -0.2) is 9.37 Å². The molecule has 96 valence electrons. The number of nitrogens with two attached hydrogens (primary N) is 1. The standard InChI is InChI=1S/C13H16FN3O/c1-7-4-12(11(15)5-10(7)14)17-9(3)13-16-6-8(2)18-13/h4-6,9,17H,15H2,1-3H3. The van der Waals surface area contributed by atoms with E-state index in [1.54, 1.807) is 19.2 Å². The molecule has 2 rings (SSSR count). The monoisotopic (exact) mass is 249 g/mol. The molecule has 0 fully saturated rings. The summed E-state index contributed by atoms with van der Waals surface area (Å²) in [4.78, 5) is 4.14. The molecule has 1 atom stereocenters. The molecule has 0 spiro atoms. The van der Waals surface area contributed by atoms with E-state index >= 15 is 0 Å². The molecular formula is C13H16FN3O. The highest BCUT2D eigenvalue weighted by atomic mass is 19.1. The van der Waals surface area contributed by atoms with Gasteiger partial charge in [0.2, 0.25) is 5.89 Å². The van der Waals surface area contributed by atoms with Crippen molar-refractivity contribution in [2.45, 2.75) is 26.8 Å². The zero-order valence-electron chi connectivity index (χ0n) is 10.6. The molecular weight excluding hydrogens is 233 g/mol. The quantitative estimate of drug-likeness (QED) is 0.820. The van der Waals surface area contributed by atoms with Crippen LogP contribution in [0, 0.1) is 19.7 Å². The zero-order valence-corrected chi connectivity index (χ0v) is 10.6. The van der Waals surface area contributed by atoms with Crippen molar-refractivity contribution < 1.29 is 8.81 Å². The Morgan fingerprint density at radius 2 is 2.11 bits per heavy atom. The minimum absolute atomic E-state index is 0.133. The van der Waals surface area contributed by atoms with Crippen LogP contribution in [0.1, 0.15) is 30.2 Å². The molecule has 0 aliphatic heterocycles. The van der Waals surface area contributed by atoms with Crippen molar-refractivity contribution in [3.63, 3.8) is 0 Å². The third-order valence-corrected chi connectivity index (χ3v) is 2.71. The molecule has 0 aliphatic rings. The van der Waals surface area contributed by atoms with Crippen LogP contribution >= 0.6 is 0 Å². The van der Waals surface area contributed by atoms with E-state index in [1.807, 2.05) is 13.8 Å². The second-order valence-electron chi connectivity index (χ2n) is 4.36. The van der Waals surface area contributed by atoms with Crippen LogP contribution in [0.4, 0.5) is 15.8 Å². The zero-order chi connectivity index (χ0) is 13.3. The van der Waals surface area contributed by atoms with Gasteiger partial charge in [0.05, 0.1) is 17.6 Å². The van der Waals surface area contributed by atoms with Crippen molar-refractivity contribution in [1.29, 1.82) is 0 Å². The summed E-state index contributed by atoms with van der Waals surface area (Å²) in [6, 6.07) is 2.85. The third-order valence-electron chi connectivity index (χ3n) is 2.71. The molecule has 0 radical (unpaired) electrons. The summed E-state index contributed by atoms with van der Waals surface area (Å²) in [5.74, 6) is 1.02. The average molecular weight is 249 g/mol. The fourth-order valence-corrected chi connectivity index (χ4v) is 1.69. The summed E-state index contributed by atoms with van der Waals surface area (Å²) in [6.45, 7) is 5.43. The average Bonchev–Trinajstić information content (AvgIpc) is 2.73. The maximum Gasteiger partial charge on any atom is 0.216 e. The number of rotatable bonds is 3. The van der Waals surface area contributed by atoms with Crippen LogP contribution in [0.25, 0.3) is 0 Å². The molecule has 18 heavy (non-hydrogen) atoms. The van der Waals surface area contributed by atoms with Crippen LogP contribution in [0.2, 0.25) is 0 Å². The molecule has 1 aromatic heterocycles. The largest absolute Gasteiger partial charge is 0.444 e. The Bertz CT molecular complexity index is 565. The number of halogens is 1. The molecule has 5 heteroatoms. The number of oxazole rings is 1. The molecule has 1 aromatic carbocycles. The molecule has 0 bridgehead atoms. The van der Waals surface area contributed by atoms with Crippen LogP contribution in [0.15, 0.2) is 22.7 Å². The van der Waals surface area contributed by atoms with E-state index in [0.717, 1.165) is 5.76 Å². The van der Waals surface area contributed by atoms with Crippen molar-refractivity contribution in [3.8, 4) is 0 Å². The maximum atomic E-state index is 13.3. The number of benzene rings is 1. The van der Waals surface area contributed by atoms with Crippen molar-refractivity contribution in [2.24, 2.45) is 0 Å². The number of nitrogens with zero attached hydrogens (tertiary/aromatic N) is 1. The summed E-state index contributed by atoms with van der Waals surface area (Å²) in [5, 5.41) is 3.16. The Morgan fingerprint density at radius 1 is 1.39 bits per heavy atom. The van der Waals surface area contributed by atoms with Gasteiger partial charge in [0.15, 0.2) is 0 Å². The molecule has 1 heterocycles. The van der Waals surface area contributed by atoms with E-state index in [0.29, 0.717) is 22.8 Å². The van der Waals surface area contributed by atoms with Gasteiger partial charge < -0.3 is 15.5 Å². The highest BCUT2D eigenvalue weighted by Crippen LogP contribution is 2.26. The van der Waals surface area contributed by atoms with Crippen LogP contribution in [0.3, 0.4) is 0 Å². The first-order valence-corrected chi connectivity index (χ1v) is 5.72. The Balaban J connectivity index is 2.21. The van der Waals surface area contributed by atoms with E-state index in [-0.39, 0.29) is 11.9 Å². The molecule has 4 nitrogen and oxygen atoms in total. The van der Waals surface area contributed by atoms with Crippen LogP contribution in [0.5, 0.6) is 0 Å². The lowest BCUT2D eigenvalue weighted by atomic mass is 10.1. The molecule has 1 unspecified atom stereocenters. The summed E-state index contributed by atoms with van der Waals surface area (Å²) in [5.41, 5.74) is 7.36. The van der Waals surface area contributed by atoms with E-state index in [2.05, 4.69) is 10.3 Å². The topological polar surface area (TPSA) is 64.1 Å². The fraction of sp³-hybridized carbons (Fsp3) is 0.308. The summed E-state index contributed by atoms with van der Waals surface area (Å²) in [6.07, 6.45) is 1.66. The predicted molar refractivity (Wildman–Crippen MR) is 68.8 cm³/mol. The van der Waals surface area contributed by atoms with Crippen LogP contribution in [-0.2, 0) is 0 Å². The van der Waals surface area contributed by atoms with E-state index in [4.69, 9.17) is 10.2 Å². The minimum atomic E-state index is -0.308. The van der Waals surface area contributed by atoms with Gasteiger partial charge in [0.25, 0.3) is 0 Å². The predicted octanol–water partition coefficient (Wildman–Crippen LogP) is 3.19. The lowest BCUT2D eigenvalue weighted by Gasteiger charge is -2.15. The normalized spacial score (nSPS) is 12.4. The number of anilines is 2. The molecule has 0 aliphatic carbocycles. The van der Waals surface area contributed by atoms with Gasteiger partial charge in [0, 0.05) is 0 Å². The first-order chi connectivity index (χ1) is 8.47. The first kappa shape index (κ1) is 12.4. The van der Waals surface area contributed by atoms with Gasteiger partial charge in [-0.2, -0.15) is 0 Å². The van der Waals surface area contributed by atoms with Gasteiger partial charge in [-0.15, -0.1) is 0 Å². The highest BCUT2D eigenvalue weighted by molar-refractivity contribution is 5.67. The third kappa shape index (κ3) is 2.45. The molecule has 0 saturated carbocycles. The highest BCUT2D eigenvalue weighted by Gasteiger charge is 2.13. The Morgan fingerprint density at radius 3 is 2.72 bits per heavy atom. The fourth-order valence-electron chi connectivity index (χ4n) is 1.69. The molecule has 2 aromatic rings. The van der Waals surface area contributed by atoms with Crippen LogP contribution in [-0.4, -0.2) is 4.98 Å². The van der Waals surface area contributed by atoms with Gasteiger partial charge in [-0.05, 0) is 38.5 Å². The molecule has 0 saturated heterocycles. The summed E-state index contributed by atoms with van der Waals surface area (Å²) < 4.78 is 18.7. The van der Waals surface area contributed by atoms with Crippen molar-refractivity contribution in [1.82, 2.24) is 4.98 Å². The minimum Gasteiger partial charge on any atom is -0.444 e. The first-order valence-electron chi connectivity index (χ1n) is 5.72. The Hall–Kier alpha value is -2.04. The lowest BCUT2D eigenvalue weighted by molar-refractivity contribution is 0.454. The number of aromatic nitrogens is 1. The number of nitrogen functional groups attached to an aromatic ring is 1.